The Morgan fingerprint density at radius 1 is 0.946 bits per heavy atom. The van der Waals surface area contributed by atoms with Crippen LogP contribution in [0.15, 0.2) is 58.0 Å². The molecule has 0 bridgehead atoms. The molecule has 0 radical (unpaired) electrons. The van der Waals surface area contributed by atoms with E-state index in [0.717, 1.165) is 62.3 Å². The maximum absolute atomic E-state index is 13.9. The normalized spacial score (nSPS) is 17.8. The van der Waals surface area contributed by atoms with Crippen LogP contribution in [0.4, 0.5) is 5.69 Å². The number of fused-ring (bicyclic) bond motifs is 1. The van der Waals surface area contributed by atoms with Gasteiger partial charge in [0.05, 0.1) is 24.7 Å². The number of sulfonamides is 1. The third-order valence-corrected chi connectivity index (χ3v) is 9.81. The lowest BCUT2D eigenvalue weighted by Gasteiger charge is -2.40. The first-order valence-electron chi connectivity index (χ1n) is 13.4. The number of anilines is 1. The summed E-state index contributed by atoms with van der Waals surface area (Å²) in [6.45, 7) is 0. The van der Waals surface area contributed by atoms with Gasteiger partial charge in [-0.1, -0.05) is 38.5 Å². The summed E-state index contributed by atoms with van der Waals surface area (Å²) >= 11 is 0. The molecule has 37 heavy (non-hydrogen) atoms. The molecule has 198 valence electrons. The second-order valence-electron chi connectivity index (χ2n) is 10.3. The number of hydrogen-bond donors (Lipinski definition) is 1. The molecule has 2 aliphatic rings. The molecule has 1 amide bonds. The van der Waals surface area contributed by atoms with Gasteiger partial charge in [-0.2, -0.15) is 4.31 Å². The monoisotopic (exact) mass is 524 g/mol. The third-order valence-electron chi connectivity index (χ3n) is 7.79. The number of ether oxygens (including phenoxy) is 1. The van der Waals surface area contributed by atoms with E-state index in [1.807, 2.05) is 22.5 Å². The summed E-state index contributed by atoms with van der Waals surface area (Å²) in [5, 5.41) is 3.72. The van der Waals surface area contributed by atoms with Gasteiger partial charge >= 0.3 is 0 Å². The Morgan fingerprint density at radius 3 is 2.16 bits per heavy atom. The summed E-state index contributed by atoms with van der Waals surface area (Å²) in [7, 11) is -2.02. The minimum absolute atomic E-state index is 0.0876. The molecular weight excluding hydrogens is 488 g/mol. The van der Waals surface area contributed by atoms with Crippen molar-refractivity contribution in [2.24, 2.45) is 0 Å². The van der Waals surface area contributed by atoms with Gasteiger partial charge in [-0.15, -0.1) is 0 Å². The van der Waals surface area contributed by atoms with Crippen LogP contribution in [-0.2, 0) is 21.2 Å². The van der Waals surface area contributed by atoms with Crippen LogP contribution in [0.25, 0.3) is 11.0 Å². The van der Waals surface area contributed by atoms with Crippen LogP contribution in [0.1, 0.15) is 69.8 Å². The van der Waals surface area contributed by atoms with Crippen LogP contribution in [-0.4, -0.2) is 37.8 Å². The van der Waals surface area contributed by atoms with Crippen LogP contribution in [0.2, 0.25) is 0 Å². The molecule has 0 unspecified atom stereocenters. The topological polar surface area (TPSA) is 88.8 Å². The average Bonchev–Trinajstić information content (AvgIpc) is 3.31. The highest BCUT2D eigenvalue weighted by Crippen LogP contribution is 2.35. The quantitative estimate of drug-likeness (QED) is 0.375. The van der Waals surface area contributed by atoms with Gasteiger partial charge in [0.2, 0.25) is 15.9 Å². The van der Waals surface area contributed by atoms with Crippen LogP contribution < -0.4 is 10.1 Å². The average molecular weight is 525 g/mol. The van der Waals surface area contributed by atoms with Crippen molar-refractivity contribution in [1.29, 1.82) is 0 Å². The molecule has 0 spiro atoms. The Labute approximate surface area is 219 Å². The molecule has 7 nitrogen and oxygen atoms in total. The zero-order chi connectivity index (χ0) is 25.8. The number of furan rings is 1. The minimum atomic E-state index is -3.62. The van der Waals surface area contributed by atoms with Crippen LogP contribution >= 0.6 is 0 Å². The number of methoxy groups -OCH3 is 1. The van der Waals surface area contributed by atoms with E-state index in [0.29, 0.717) is 21.9 Å². The lowest BCUT2D eigenvalue weighted by Crippen LogP contribution is -2.48. The standard InChI is InChI=1S/C29H36N2O5S/c1-35-25-14-17-28-27(19-25)21(20-36-28)18-29(32)30-22-12-15-26(16-13-22)37(33,34)31(23-8-4-2-5-9-23)24-10-6-3-7-11-24/h12-17,19-20,23-24H,2-11,18H2,1H3,(H,30,32). The molecule has 0 atom stereocenters. The Morgan fingerprint density at radius 2 is 1.57 bits per heavy atom. The lowest BCUT2D eigenvalue weighted by atomic mass is 9.91. The number of amides is 1. The van der Waals surface area contributed by atoms with E-state index in [4.69, 9.17) is 9.15 Å². The number of carbonyl (C=O) groups is 1. The fourth-order valence-corrected chi connectivity index (χ4v) is 7.83. The van der Waals surface area contributed by atoms with Gasteiger partial charge in [0.1, 0.15) is 11.3 Å². The predicted octanol–water partition coefficient (Wildman–Crippen LogP) is 6.28. The van der Waals surface area contributed by atoms with E-state index in [-0.39, 0.29) is 24.4 Å². The second kappa shape index (κ2) is 11.3. The van der Waals surface area contributed by atoms with Gasteiger partial charge in [0.15, 0.2) is 0 Å². The fourth-order valence-electron chi connectivity index (χ4n) is 5.90. The van der Waals surface area contributed by atoms with E-state index in [1.165, 1.54) is 12.8 Å². The Kier molecular flexibility index (Phi) is 7.86. The summed E-state index contributed by atoms with van der Waals surface area (Å²) in [4.78, 5) is 13.1. The molecule has 2 aromatic carbocycles. The lowest BCUT2D eigenvalue weighted by molar-refractivity contribution is -0.115. The second-order valence-corrected chi connectivity index (χ2v) is 12.1. The first-order chi connectivity index (χ1) is 18.0. The molecule has 2 fully saturated rings. The first kappa shape index (κ1) is 25.8. The summed E-state index contributed by atoms with van der Waals surface area (Å²) in [6, 6.07) is 12.3. The van der Waals surface area contributed by atoms with Gasteiger partial charge in [-0.05, 0) is 68.1 Å². The van der Waals surface area contributed by atoms with Crippen molar-refractivity contribution in [3.05, 3.63) is 54.3 Å². The zero-order valence-electron chi connectivity index (χ0n) is 21.4. The molecule has 3 aromatic rings. The fraction of sp³-hybridized carbons (Fsp3) is 0.483. The highest BCUT2D eigenvalue weighted by atomic mass is 32.2. The van der Waals surface area contributed by atoms with Crippen molar-refractivity contribution in [2.75, 3.05) is 12.4 Å². The summed E-state index contributed by atoms with van der Waals surface area (Å²) < 4.78 is 40.5. The van der Waals surface area contributed by atoms with E-state index in [2.05, 4.69) is 5.32 Å². The van der Waals surface area contributed by atoms with Crippen molar-refractivity contribution >= 4 is 32.6 Å². The van der Waals surface area contributed by atoms with Crippen molar-refractivity contribution < 1.29 is 22.4 Å². The molecule has 5 rings (SSSR count). The molecule has 0 aliphatic heterocycles. The molecule has 8 heteroatoms. The van der Waals surface area contributed by atoms with Gasteiger partial charge in [0, 0.05) is 28.7 Å². The van der Waals surface area contributed by atoms with Crippen molar-refractivity contribution in [3.8, 4) is 5.75 Å². The van der Waals surface area contributed by atoms with E-state index >= 15 is 0 Å². The van der Waals surface area contributed by atoms with Gasteiger partial charge in [0.25, 0.3) is 0 Å². The molecule has 1 aromatic heterocycles. The number of rotatable bonds is 8. The Bertz CT molecular complexity index is 1300. The minimum Gasteiger partial charge on any atom is -0.497 e. The highest BCUT2D eigenvalue weighted by Gasteiger charge is 2.38. The summed E-state index contributed by atoms with van der Waals surface area (Å²) in [5.74, 6) is 0.495. The number of nitrogens with zero attached hydrogens (tertiary/aromatic N) is 1. The summed E-state index contributed by atoms with van der Waals surface area (Å²) in [5.41, 5.74) is 2.02. The van der Waals surface area contributed by atoms with Crippen molar-refractivity contribution in [2.45, 2.75) is 87.6 Å². The molecule has 2 saturated carbocycles. The van der Waals surface area contributed by atoms with Crippen molar-refractivity contribution in [3.63, 3.8) is 0 Å². The van der Waals surface area contributed by atoms with E-state index in [1.54, 1.807) is 37.6 Å². The highest BCUT2D eigenvalue weighted by molar-refractivity contribution is 7.89. The third kappa shape index (κ3) is 5.70. The SMILES string of the molecule is COc1ccc2occ(CC(=O)Nc3ccc(S(=O)(=O)N(C4CCCCC4)C4CCCCC4)cc3)c2c1. The van der Waals surface area contributed by atoms with Crippen LogP contribution in [0.3, 0.4) is 0 Å². The van der Waals surface area contributed by atoms with Crippen LogP contribution in [0.5, 0.6) is 5.75 Å². The number of nitrogens with one attached hydrogen (secondary N) is 1. The molecule has 1 heterocycles. The Hall–Kier alpha value is -2.84. The van der Waals surface area contributed by atoms with E-state index < -0.39 is 10.0 Å². The molecular formula is C29H36N2O5S. The molecule has 2 aliphatic carbocycles. The predicted molar refractivity (Wildman–Crippen MR) is 144 cm³/mol. The van der Waals surface area contributed by atoms with Crippen LogP contribution in [0, 0.1) is 0 Å². The molecule has 0 saturated heterocycles. The maximum Gasteiger partial charge on any atom is 0.243 e. The van der Waals surface area contributed by atoms with Gasteiger partial charge in [-0.25, -0.2) is 8.42 Å². The maximum atomic E-state index is 13.9. The number of carbonyl (C=O) groups excluding carboxylic acids is 1. The molecule has 1 N–H and O–H groups in total. The number of hydrogen-bond acceptors (Lipinski definition) is 5. The first-order valence-corrected chi connectivity index (χ1v) is 14.9. The number of benzene rings is 2. The zero-order valence-corrected chi connectivity index (χ0v) is 22.3. The smallest absolute Gasteiger partial charge is 0.243 e. The van der Waals surface area contributed by atoms with E-state index in [9.17, 15) is 13.2 Å². The van der Waals surface area contributed by atoms with Gasteiger partial charge < -0.3 is 14.5 Å². The summed E-state index contributed by atoms with van der Waals surface area (Å²) in [6.07, 6.45) is 12.2. The van der Waals surface area contributed by atoms with Crippen molar-refractivity contribution in [1.82, 2.24) is 4.31 Å². The largest absolute Gasteiger partial charge is 0.497 e. The van der Waals surface area contributed by atoms with Gasteiger partial charge in [-0.3, -0.25) is 4.79 Å². The Balaban J connectivity index is 1.30.